The molecule has 0 aliphatic carbocycles. The molecular weight excluding hydrogens is 394 g/mol. The number of para-hydroxylation sites is 1. The molecule has 1 aromatic heterocycles. The van der Waals surface area contributed by atoms with Gasteiger partial charge in [0.05, 0.1) is 10.3 Å². The van der Waals surface area contributed by atoms with E-state index in [1.807, 2.05) is 35.2 Å². The normalized spacial score (nSPS) is 14.1. The highest BCUT2D eigenvalue weighted by atomic mass is 32.1. The Morgan fingerprint density at radius 2 is 1.83 bits per heavy atom. The Hall–Kier alpha value is -3.53. The molecule has 2 aromatic carbocycles. The van der Waals surface area contributed by atoms with Crippen LogP contribution >= 0.6 is 11.3 Å². The van der Waals surface area contributed by atoms with Gasteiger partial charge in [0, 0.05) is 48.7 Å². The predicted octanol–water partition coefficient (Wildman–Crippen LogP) is 2.92. The maximum atomic E-state index is 12.4. The predicted molar refractivity (Wildman–Crippen MR) is 112 cm³/mol. The lowest BCUT2D eigenvalue weighted by Crippen LogP contribution is -2.50. The molecule has 29 heavy (non-hydrogen) atoms. The quantitative estimate of drug-likeness (QED) is 0.524. The Kier molecular flexibility index (Phi) is 5.09. The van der Waals surface area contributed by atoms with Crippen molar-refractivity contribution in [3.8, 4) is 0 Å². The van der Waals surface area contributed by atoms with Crippen LogP contribution < -0.4 is 15.8 Å². The number of carbonyl (C=O) groups is 1. The van der Waals surface area contributed by atoms with E-state index in [1.165, 1.54) is 23.5 Å². The molecule has 4 rings (SSSR count). The van der Waals surface area contributed by atoms with Crippen molar-refractivity contribution in [1.29, 1.82) is 0 Å². The molecule has 0 radical (unpaired) electrons. The average Bonchev–Trinajstić information content (AvgIpc) is 2.74. The number of benzene rings is 2. The van der Waals surface area contributed by atoms with E-state index < -0.39 is 10.5 Å². The topological polar surface area (TPSA) is 109 Å². The summed E-state index contributed by atoms with van der Waals surface area (Å²) in [5.41, 5.74) is 0.125. The highest BCUT2D eigenvalue weighted by Gasteiger charge is 2.23. The summed E-state index contributed by atoms with van der Waals surface area (Å²) in [5.74, 6) is 0. The van der Waals surface area contributed by atoms with Gasteiger partial charge >= 0.3 is 6.03 Å². The molecule has 2 heterocycles. The average molecular weight is 411 g/mol. The lowest BCUT2D eigenvalue weighted by atomic mass is 10.2. The summed E-state index contributed by atoms with van der Waals surface area (Å²) in [6.07, 6.45) is 0. The Morgan fingerprint density at radius 1 is 1.10 bits per heavy atom. The van der Waals surface area contributed by atoms with Crippen LogP contribution in [0, 0.1) is 10.1 Å². The lowest BCUT2D eigenvalue weighted by molar-refractivity contribution is -0.384. The van der Waals surface area contributed by atoms with Crippen molar-refractivity contribution in [2.75, 3.05) is 36.4 Å². The second-order valence-corrected chi connectivity index (χ2v) is 7.52. The molecule has 9 nitrogen and oxygen atoms in total. The van der Waals surface area contributed by atoms with Crippen LogP contribution in [0.2, 0.25) is 0 Å². The smallest absolute Gasteiger partial charge is 0.321 e. The van der Waals surface area contributed by atoms with Crippen LogP contribution in [-0.2, 0) is 0 Å². The number of non-ortho nitro benzene ring substituents is 1. The maximum absolute atomic E-state index is 12.4. The number of hydrogen-bond donors (Lipinski definition) is 1. The number of anilines is 2. The summed E-state index contributed by atoms with van der Waals surface area (Å²) >= 11 is 1.31. The molecule has 2 amide bonds. The Balaban J connectivity index is 1.46. The van der Waals surface area contributed by atoms with Crippen molar-refractivity contribution in [3.63, 3.8) is 0 Å². The van der Waals surface area contributed by atoms with Crippen LogP contribution in [0.4, 0.5) is 21.3 Å². The van der Waals surface area contributed by atoms with Crippen molar-refractivity contribution < 1.29 is 9.72 Å². The first kappa shape index (κ1) is 18.8. The fourth-order valence-corrected chi connectivity index (χ4v) is 4.15. The van der Waals surface area contributed by atoms with E-state index in [4.69, 9.17) is 0 Å². The van der Waals surface area contributed by atoms with Crippen LogP contribution in [0.25, 0.3) is 10.1 Å². The lowest BCUT2D eigenvalue weighted by Gasteiger charge is -2.34. The van der Waals surface area contributed by atoms with Crippen LogP contribution in [-0.4, -0.2) is 47.0 Å². The van der Waals surface area contributed by atoms with E-state index in [1.54, 1.807) is 11.0 Å². The number of nitrogens with one attached hydrogen (secondary N) is 1. The summed E-state index contributed by atoms with van der Waals surface area (Å²) in [5, 5.41) is 14.6. The summed E-state index contributed by atoms with van der Waals surface area (Å²) in [6.45, 7) is 2.09. The number of nitro benzene ring substituents is 1. The third-order valence-corrected chi connectivity index (χ3v) is 5.77. The molecule has 1 aliphatic heterocycles. The number of nitro groups is 1. The van der Waals surface area contributed by atoms with Gasteiger partial charge in [-0.25, -0.2) is 4.79 Å². The standard InChI is InChI=1S/C19H17N5O4S/c25-17-15-12-14(24(27)28)6-7-16(15)29-19(21-17)23-10-8-22(9-11-23)18(26)20-13-4-2-1-3-5-13/h1-7,12H,8-11H2,(H,20,26). The van der Waals surface area contributed by atoms with Gasteiger partial charge in [0.15, 0.2) is 5.13 Å². The minimum Gasteiger partial charge on any atom is -0.344 e. The molecule has 0 atom stereocenters. The summed E-state index contributed by atoms with van der Waals surface area (Å²) in [6, 6.07) is 13.3. The first-order valence-electron chi connectivity index (χ1n) is 8.96. The second kappa shape index (κ2) is 7.84. The van der Waals surface area contributed by atoms with Crippen molar-refractivity contribution in [3.05, 3.63) is 69.0 Å². The number of urea groups is 1. The highest BCUT2D eigenvalue weighted by molar-refractivity contribution is 7.21. The molecule has 1 N–H and O–H groups in total. The van der Waals surface area contributed by atoms with Gasteiger partial charge in [0.25, 0.3) is 11.2 Å². The molecule has 0 bridgehead atoms. The molecule has 1 saturated heterocycles. The minimum atomic E-state index is -0.531. The number of hydrogen-bond acceptors (Lipinski definition) is 7. The molecule has 10 heteroatoms. The molecule has 0 unspecified atom stereocenters. The van der Waals surface area contributed by atoms with E-state index in [9.17, 15) is 19.7 Å². The second-order valence-electron chi connectivity index (χ2n) is 6.51. The molecule has 3 aromatic rings. The Morgan fingerprint density at radius 3 is 2.52 bits per heavy atom. The van der Waals surface area contributed by atoms with Crippen molar-refractivity contribution in [2.24, 2.45) is 0 Å². The van der Waals surface area contributed by atoms with Crippen molar-refractivity contribution in [2.45, 2.75) is 0 Å². The van der Waals surface area contributed by atoms with Crippen molar-refractivity contribution in [1.82, 2.24) is 9.88 Å². The number of fused-ring (bicyclic) bond motifs is 1. The number of carbonyl (C=O) groups excluding carboxylic acids is 1. The molecule has 0 spiro atoms. The SMILES string of the molecule is O=C(Nc1ccccc1)N1CCN(c2nc(=O)c3cc([N+](=O)[O-])ccc3s2)CC1. The zero-order valence-corrected chi connectivity index (χ0v) is 16.1. The monoisotopic (exact) mass is 411 g/mol. The first-order valence-corrected chi connectivity index (χ1v) is 9.78. The summed E-state index contributed by atoms with van der Waals surface area (Å²) in [4.78, 5) is 42.9. The molecular formula is C19H17N5O4S. The maximum Gasteiger partial charge on any atom is 0.321 e. The van der Waals surface area contributed by atoms with Gasteiger partial charge in [-0.1, -0.05) is 29.5 Å². The summed E-state index contributed by atoms with van der Waals surface area (Å²) < 4.78 is 0.648. The highest BCUT2D eigenvalue weighted by Crippen LogP contribution is 2.27. The van der Waals surface area contributed by atoms with E-state index in [0.29, 0.717) is 36.0 Å². The van der Waals surface area contributed by atoms with Gasteiger partial charge < -0.3 is 15.1 Å². The Labute approximate surface area is 169 Å². The number of nitrogens with zero attached hydrogens (tertiary/aromatic N) is 4. The zero-order chi connectivity index (χ0) is 20.4. The van der Waals surface area contributed by atoms with E-state index >= 15 is 0 Å². The third-order valence-electron chi connectivity index (χ3n) is 4.67. The first-order chi connectivity index (χ1) is 14.0. The fourth-order valence-electron chi connectivity index (χ4n) is 3.12. The van der Waals surface area contributed by atoms with E-state index in [0.717, 1.165) is 5.69 Å². The Bertz CT molecular complexity index is 1130. The third kappa shape index (κ3) is 4.02. The number of amides is 2. The van der Waals surface area contributed by atoms with Crippen LogP contribution in [0.3, 0.4) is 0 Å². The number of aromatic nitrogens is 1. The largest absolute Gasteiger partial charge is 0.344 e. The van der Waals surface area contributed by atoms with Gasteiger partial charge in [-0.05, 0) is 18.2 Å². The van der Waals surface area contributed by atoms with Gasteiger partial charge in [-0.3, -0.25) is 14.9 Å². The van der Waals surface area contributed by atoms with Crippen LogP contribution in [0.1, 0.15) is 0 Å². The molecule has 0 saturated carbocycles. The van der Waals surface area contributed by atoms with Gasteiger partial charge in [0.2, 0.25) is 0 Å². The van der Waals surface area contributed by atoms with Crippen LogP contribution in [0.5, 0.6) is 0 Å². The van der Waals surface area contributed by atoms with E-state index in [2.05, 4.69) is 10.3 Å². The minimum absolute atomic E-state index is 0.130. The number of rotatable bonds is 3. The summed E-state index contributed by atoms with van der Waals surface area (Å²) in [7, 11) is 0. The van der Waals surface area contributed by atoms with E-state index in [-0.39, 0.29) is 17.1 Å². The van der Waals surface area contributed by atoms with Gasteiger partial charge in [0.1, 0.15) is 0 Å². The number of piperazine rings is 1. The molecule has 1 fully saturated rings. The fraction of sp³-hybridized carbons (Fsp3) is 0.211. The molecule has 1 aliphatic rings. The zero-order valence-electron chi connectivity index (χ0n) is 15.3. The van der Waals surface area contributed by atoms with Crippen LogP contribution in [0.15, 0.2) is 53.3 Å². The van der Waals surface area contributed by atoms with Gasteiger partial charge in [-0.2, -0.15) is 4.98 Å². The van der Waals surface area contributed by atoms with Crippen molar-refractivity contribution >= 4 is 44.0 Å². The van der Waals surface area contributed by atoms with Gasteiger partial charge in [-0.15, -0.1) is 0 Å². The molecule has 148 valence electrons.